The molecule has 0 heterocycles. The molecule has 0 radical (unpaired) electrons. The van der Waals surface area contributed by atoms with Crippen molar-refractivity contribution in [1.29, 1.82) is 0 Å². The van der Waals surface area contributed by atoms with Gasteiger partial charge >= 0.3 is 12.1 Å². The van der Waals surface area contributed by atoms with E-state index < -0.39 is 12.1 Å². The molecule has 5 nitrogen and oxygen atoms in total. The highest BCUT2D eigenvalue weighted by molar-refractivity contribution is 7.78. The monoisotopic (exact) mass is 241 g/mol. The zero-order chi connectivity index (χ0) is 12.1. The topological polar surface area (TPSA) is 77.8 Å². The quantitative estimate of drug-likeness (QED) is 0.700. The average Bonchev–Trinajstić information content (AvgIpc) is 2.20. The molecule has 1 aromatic carbocycles. The van der Waals surface area contributed by atoms with E-state index in [9.17, 15) is 9.59 Å². The molecule has 0 bridgehead atoms. The number of rotatable bonds is 4. The van der Waals surface area contributed by atoms with E-state index in [-0.39, 0.29) is 13.0 Å². The summed E-state index contributed by atoms with van der Waals surface area (Å²) >= 11 is 3.76. The summed E-state index contributed by atoms with van der Waals surface area (Å²) in [7, 11) is 0. The summed E-state index contributed by atoms with van der Waals surface area (Å²) in [5.41, 5.74) is 1.43. The Hall–Kier alpha value is -1.69. The van der Waals surface area contributed by atoms with Gasteiger partial charge in [0.15, 0.2) is 0 Å². The van der Waals surface area contributed by atoms with Gasteiger partial charge in [0.25, 0.3) is 0 Å². The van der Waals surface area contributed by atoms with Crippen molar-refractivity contribution in [2.24, 2.45) is 0 Å². The van der Waals surface area contributed by atoms with Crippen LogP contribution in [0.5, 0.6) is 0 Å². The first kappa shape index (κ1) is 12.4. The standard InChI is InChI=1S/C10H11NO4S/c12-9(13)5-7-1-3-8(4-2-7)6-11(16)10(14)15/h1-4,16H,5-6H2,(H,12,13)(H,14,15). The first-order valence-electron chi connectivity index (χ1n) is 4.48. The molecule has 0 aliphatic carbocycles. The minimum absolute atomic E-state index is 0.0379. The lowest BCUT2D eigenvalue weighted by atomic mass is 10.1. The predicted octanol–water partition coefficient (Wildman–Crippen LogP) is 1.64. The van der Waals surface area contributed by atoms with Crippen LogP contribution in [0, 0.1) is 0 Å². The Morgan fingerprint density at radius 1 is 1.12 bits per heavy atom. The van der Waals surface area contributed by atoms with E-state index >= 15 is 0 Å². The van der Waals surface area contributed by atoms with Crippen molar-refractivity contribution < 1.29 is 19.8 Å². The van der Waals surface area contributed by atoms with Gasteiger partial charge in [0.05, 0.1) is 13.0 Å². The van der Waals surface area contributed by atoms with Gasteiger partial charge in [-0.15, -0.1) is 0 Å². The van der Waals surface area contributed by atoms with Gasteiger partial charge in [-0.05, 0) is 11.1 Å². The summed E-state index contributed by atoms with van der Waals surface area (Å²) in [6.07, 6.45) is -1.16. The molecular formula is C10H11NO4S. The molecule has 0 unspecified atom stereocenters. The van der Waals surface area contributed by atoms with E-state index in [1.165, 1.54) is 0 Å². The fourth-order valence-corrected chi connectivity index (χ4v) is 1.34. The highest BCUT2D eigenvalue weighted by atomic mass is 32.1. The minimum atomic E-state index is -1.13. The van der Waals surface area contributed by atoms with E-state index in [2.05, 4.69) is 12.8 Å². The number of hydrogen-bond acceptors (Lipinski definition) is 3. The molecule has 1 aromatic rings. The maximum Gasteiger partial charge on any atom is 0.417 e. The van der Waals surface area contributed by atoms with Gasteiger partial charge in [0.1, 0.15) is 0 Å². The molecule has 16 heavy (non-hydrogen) atoms. The second kappa shape index (κ2) is 5.41. The number of carboxylic acid groups (broad SMARTS) is 2. The zero-order valence-corrected chi connectivity index (χ0v) is 9.22. The SMILES string of the molecule is O=C(O)Cc1ccc(CN(S)C(=O)O)cc1. The van der Waals surface area contributed by atoms with Crippen molar-refractivity contribution in [3.63, 3.8) is 0 Å². The summed E-state index contributed by atoms with van der Waals surface area (Å²) in [5, 5.41) is 17.1. The molecule has 86 valence electrons. The van der Waals surface area contributed by atoms with Crippen molar-refractivity contribution >= 4 is 24.9 Å². The normalized spacial score (nSPS) is 9.81. The summed E-state index contributed by atoms with van der Waals surface area (Å²) < 4.78 is 0.853. The molecule has 0 aliphatic rings. The molecule has 0 saturated carbocycles. The van der Waals surface area contributed by atoms with Gasteiger partial charge in [0.2, 0.25) is 0 Å². The first-order valence-corrected chi connectivity index (χ1v) is 4.88. The third kappa shape index (κ3) is 3.82. The number of carboxylic acids is 1. The Kier molecular flexibility index (Phi) is 4.19. The maximum atomic E-state index is 10.5. The van der Waals surface area contributed by atoms with Gasteiger partial charge in [-0.3, -0.25) is 9.10 Å². The van der Waals surface area contributed by atoms with Crippen molar-refractivity contribution in [3.05, 3.63) is 35.4 Å². The number of hydrogen-bond donors (Lipinski definition) is 3. The number of thiol groups is 1. The van der Waals surface area contributed by atoms with E-state index in [1.807, 2.05) is 0 Å². The highest BCUT2D eigenvalue weighted by Gasteiger charge is 2.07. The summed E-state index contributed by atoms with van der Waals surface area (Å²) in [6.45, 7) is 0.159. The summed E-state index contributed by atoms with van der Waals surface area (Å²) in [6, 6.07) is 6.69. The fourth-order valence-electron chi connectivity index (χ4n) is 1.18. The van der Waals surface area contributed by atoms with Crippen molar-refractivity contribution in [1.82, 2.24) is 4.31 Å². The smallest absolute Gasteiger partial charge is 0.417 e. The largest absolute Gasteiger partial charge is 0.481 e. The van der Waals surface area contributed by atoms with Crippen LogP contribution in [-0.4, -0.2) is 26.6 Å². The van der Waals surface area contributed by atoms with Crippen LogP contribution < -0.4 is 0 Å². The lowest BCUT2D eigenvalue weighted by Gasteiger charge is -2.11. The Balaban J connectivity index is 2.64. The van der Waals surface area contributed by atoms with E-state index in [1.54, 1.807) is 24.3 Å². The van der Waals surface area contributed by atoms with E-state index in [0.29, 0.717) is 5.56 Å². The number of carbonyl (C=O) groups is 2. The molecule has 0 spiro atoms. The maximum absolute atomic E-state index is 10.5. The molecule has 6 heteroatoms. The second-order valence-electron chi connectivity index (χ2n) is 3.23. The van der Waals surface area contributed by atoms with Gasteiger partial charge in [0, 0.05) is 0 Å². The van der Waals surface area contributed by atoms with Crippen LogP contribution in [0.4, 0.5) is 4.79 Å². The van der Waals surface area contributed by atoms with Crippen molar-refractivity contribution in [2.45, 2.75) is 13.0 Å². The predicted molar refractivity (Wildman–Crippen MR) is 60.3 cm³/mol. The van der Waals surface area contributed by atoms with Crippen LogP contribution in [0.25, 0.3) is 0 Å². The number of aliphatic carboxylic acids is 1. The lowest BCUT2D eigenvalue weighted by molar-refractivity contribution is -0.136. The molecule has 0 atom stereocenters. The van der Waals surface area contributed by atoms with Crippen LogP contribution in [0.1, 0.15) is 11.1 Å². The van der Waals surface area contributed by atoms with Crippen LogP contribution in [0.2, 0.25) is 0 Å². The summed E-state index contributed by atoms with van der Waals surface area (Å²) in [5.74, 6) is -0.894. The molecule has 1 rings (SSSR count). The zero-order valence-electron chi connectivity index (χ0n) is 8.33. The molecule has 0 aromatic heterocycles. The molecule has 0 fully saturated rings. The van der Waals surface area contributed by atoms with Crippen LogP contribution >= 0.6 is 12.8 Å². The van der Waals surface area contributed by atoms with Gasteiger partial charge in [-0.1, -0.05) is 37.1 Å². The molecule has 1 amide bonds. The number of benzene rings is 1. The molecule has 0 aliphatic heterocycles. The Bertz CT molecular complexity index is 390. The Morgan fingerprint density at radius 2 is 1.62 bits per heavy atom. The van der Waals surface area contributed by atoms with Crippen molar-refractivity contribution in [2.75, 3.05) is 0 Å². The molecule has 2 N–H and O–H groups in total. The van der Waals surface area contributed by atoms with Crippen LogP contribution in [-0.2, 0) is 17.8 Å². The first-order chi connectivity index (χ1) is 7.49. The number of amides is 1. The van der Waals surface area contributed by atoms with Gasteiger partial charge in [-0.25, -0.2) is 4.79 Å². The van der Waals surface area contributed by atoms with Crippen LogP contribution in [0.3, 0.4) is 0 Å². The van der Waals surface area contributed by atoms with Crippen LogP contribution in [0.15, 0.2) is 24.3 Å². The van der Waals surface area contributed by atoms with Gasteiger partial charge < -0.3 is 10.2 Å². The van der Waals surface area contributed by atoms with Gasteiger partial charge in [-0.2, -0.15) is 0 Å². The fraction of sp³-hybridized carbons (Fsp3) is 0.200. The third-order valence-corrected chi connectivity index (χ3v) is 2.24. The van der Waals surface area contributed by atoms with E-state index in [4.69, 9.17) is 10.2 Å². The minimum Gasteiger partial charge on any atom is -0.481 e. The summed E-state index contributed by atoms with van der Waals surface area (Å²) in [4.78, 5) is 20.9. The average molecular weight is 241 g/mol. The molecule has 0 saturated heterocycles. The van der Waals surface area contributed by atoms with E-state index in [0.717, 1.165) is 9.87 Å². The van der Waals surface area contributed by atoms with Crippen molar-refractivity contribution in [3.8, 4) is 0 Å². The second-order valence-corrected chi connectivity index (χ2v) is 3.71. The number of nitrogens with zero attached hydrogens (tertiary/aromatic N) is 1. The molecular weight excluding hydrogens is 230 g/mol. The Labute approximate surface area is 97.9 Å². The third-order valence-electron chi connectivity index (χ3n) is 1.93. The lowest BCUT2D eigenvalue weighted by Crippen LogP contribution is -2.18. The highest BCUT2D eigenvalue weighted by Crippen LogP contribution is 2.09. The Morgan fingerprint density at radius 3 is 2.06 bits per heavy atom.